The normalized spacial score (nSPS) is 19.0. The second kappa shape index (κ2) is 12.5. The molecule has 1 heterocycles. The molecule has 1 unspecified atom stereocenters. The molecule has 0 aromatic rings. The van der Waals surface area contributed by atoms with E-state index in [0.717, 1.165) is 24.8 Å². The fraction of sp³-hybridized carbons (Fsp3) is 0.933. The van der Waals surface area contributed by atoms with Crippen molar-refractivity contribution in [1.29, 1.82) is 0 Å². The highest BCUT2D eigenvalue weighted by atomic mass is 127. The second-order valence-corrected chi connectivity index (χ2v) is 5.88. The maximum absolute atomic E-state index is 5.11. The van der Waals surface area contributed by atoms with Crippen LogP contribution in [0.5, 0.6) is 0 Å². The molecule has 1 aliphatic heterocycles. The van der Waals surface area contributed by atoms with Crippen molar-refractivity contribution in [3.05, 3.63) is 0 Å². The Balaban J connectivity index is 0.00000400. The minimum absolute atomic E-state index is 0. The van der Waals surface area contributed by atoms with Crippen LogP contribution in [0.15, 0.2) is 4.99 Å². The number of nitrogens with zero attached hydrogens (tertiary/aromatic N) is 2. The fourth-order valence-electron chi connectivity index (χ4n) is 2.51. The Morgan fingerprint density at radius 3 is 2.62 bits per heavy atom. The molecule has 0 saturated carbocycles. The second-order valence-electron chi connectivity index (χ2n) is 5.88. The Bertz CT molecular complexity index is 281. The minimum atomic E-state index is 0. The third-order valence-electron chi connectivity index (χ3n) is 3.84. The van der Waals surface area contributed by atoms with E-state index in [2.05, 4.69) is 34.4 Å². The molecule has 1 saturated heterocycles. The molecule has 21 heavy (non-hydrogen) atoms. The summed E-state index contributed by atoms with van der Waals surface area (Å²) in [6.45, 7) is 9.81. The van der Waals surface area contributed by atoms with Gasteiger partial charge in [0.25, 0.3) is 0 Å². The van der Waals surface area contributed by atoms with Crippen molar-refractivity contribution in [2.24, 2.45) is 10.9 Å². The van der Waals surface area contributed by atoms with E-state index in [-0.39, 0.29) is 30.0 Å². The van der Waals surface area contributed by atoms with Gasteiger partial charge in [0.15, 0.2) is 5.96 Å². The zero-order chi connectivity index (χ0) is 14.8. The van der Waals surface area contributed by atoms with Crippen LogP contribution in [0.2, 0.25) is 0 Å². The van der Waals surface area contributed by atoms with Crippen LogP contribution in [-0.2, 0) is 4.74 Å². The van der Waals surface area contributed by atoms with E-state index in [1.54, 1.807) is 14.2 Å². The van der Waals surface area contributed by atoms with E-state index >= 15 is 0 Å². The predicted molar refractivity (Wildman–Crippen MR) is 101 cm³/mol. The van der Waals surface area contributed by atoms with Gasteiger partial charge >= 0.3 is 0 Å². The average Bonchev–Trinajstić information content (AvgIpc) is 2.44. The number of hydrogen-bond donors (Lipinski definition) is 2. The molecule has 126 valence electrons. The zero-order valence-corrected chi connectivity index (χ0v) is 16.4. The maximum atomic E-state index is 5.11. The molecule has 2 N–H and O–H groups in total. The molecule has 1 rings (SSSR count). The highest BCUT2D eigenvalue weighted by Crippen LogP contribution is 2.15. The Labute approximate surface area is 147 Å². The van der Waals surface area contributed by atoms with E-state index in [0.29, 0.717) is 6.61 Å². The molecule has 0 spiro atoms. The third-order valence-corrected chi connectivity index (χ3v) is 3.84. The van der Waals surface area contributed by atoms with Gasteiger partial charge in [0.2, 0.25) is 0 Å². The van der Waals surface area contributed by atoms with E-state index in [9.17, 15) is 0 Å². The zero-order valence-electron chi connectivity index (χ0n) is 14.0. The van der Waals surface area contributed by atoms with Gasteiger partial charge < -0.3 is 20.3 Å². The molecule has 6 heteroatoms. The van der Waals surface area contributed by atoms with Crippen LogP contribution in [-0.4, -0.2) is 63.8 Å². The molecule has 0 aromatic carbocycles. The van der Waals surface area contributed by atoms with Crippen molar-refractivity contribution in [1.82, 2.24) is 15.5 Å². The average molecular weight is 412 g/mol. The van der Waals surface area contributed by atoms with Crippen LogP contribution in [0, 0.1) is 5.92 Å². The van der Waals surface area contributed by atoms with Crippen LogP contribution >= 0.6 is 24.0 Å². The Hall–Kier alpha value is -0.0800. The van der Waals surface area contributed by atoms with Gasteiger partial charge in [-0.3, -0.25) is 4.99 Å². The molecule has 0 radical (unpaired) electrons. The first-order valence-electron chi connectivity index (χ1n) is 7.84. The maximum Gasteiger partial charge on any atom is 0.191 e. The summed E-state index contributed by atoms with van der Waals surface area (Å²) in [6.07, 6.45) is 3.87. The van der Waals surface area contributed by atoms with Crippen LogP contribution < -0.4 is 10.6 Å². The lowest BCUT2D eigenvalue weighted by Crippen LogP contribution is -2.44. The molecule has 5 nitrogen and oxygen atoms in total. The summed E-state index contributed by atoms with van der Waals surface area (Å²) in [6, 6.07) is 0.273. The minimum Gasteiger partial charge on any atom is -0.383 e. The number of guanidine groups is 1. The Morgan fingerprint density at radius 2 is 2.05 bits per heavy atom. The largest absolute Gasteiger partial charge is 0.383 e. The Morgan fingerprint density at radius 1 is 1.38 bits per heavy atom. The highest BCUT2D eigenvalue weighted by Gasteiger charge is 2.14. The third kappa shape index (κ3) is 9.52. The molecular weight excluding hydrogens is 379 g/mol. The number of nitrogens with one attached hydrogen (secondary N) is 2. The van der Waals surface area contributed by atoms with E-state index in [1.165, 1.54) is 32.5 Å². The number of likely N-dealkylation sites (tertiary alicyclic amines) is 1. The molecule has 0 aliphatic carbocycles. The van der Waals surface area contributed by atoms with E-state index in [4.69, 9.17) is 4.74 Å². The van der Waals surface area contributed by atoms with Crippen molar-refractivity contribution < 1.29 is 4.74 Å². The van der Waals surface area contributed by atoms with Gasteiger partial charge in [-0.1, -0.05) is 6.92 Å². The number of halogens is 1. The van der Waals surface area contributed by atoms with Crippen molar-refractivity contribution in [2.45, 2.75) is 39.2 Å². The first-order chi connectivity index (χ1) is 9.65. The van der Waals surface area contributed by atoms with Gasteiger partial charge in [0.05, 0.1) is 6.61 Å². The van der Waals surface area contributed by atoms with Gasteiger partial charge in [-0.2, -0.15) is 0 Å². The molecule has 1 atom stereocenters. The number of hydrogen-bond acceptors (Lipinski definition) is 3. The van der Waals surface area contributed by atoms with Gasteiger partial charge in [-0.15, -0.1) is 24.0 Å². The predicted octanol–water partition coefficient (Wildman–Crippen LogP) is 1.93. The summed E-state index contributed by atoms with van der Waals surface area (Å²) in [5, 5.41) is 6.68. The van der Waals surface area contributed by atoms with Gasteiger partial charge in [-0.05, 0) is 51.7 Å². The van der Waals surface area contributed by atoms with Crippen LogP contribution in [0.3, 0.4) is 0 Å². The van der Waals surface area contributed by atoms with Crippen LogP contribution in [0.25, 0.3) is 0 Å². The van der Waals surface area contributed by atoms with Gasteiger partial charge in [0.1, 0.15) is 0 Å². The molecule has 1 fully saturated rings. The summed E-state index contributed by atoms with van der Waals surface area (Å²) in [7, 11) is 3.52. The quantitative estimate of drug-likeness (QED) is 0.290. The summed E-state index contributed by atoms with van der Waals surface area (Å²) in [5.41, 5.74) is 0. The first-order valence-corrected chi connectivity index (χ1v) is 7.84. The van der Waals surface area contributed by atoms with Crippen molar-refractivity contribution in [3.8, 4) is 0 Å². The summed E-state index contributed by atoms with van der Waals surface area (Å²) >= 11 is 0. The summed E-state index contributed by atoms with van der Waals surface area (Å²) in [4.78, 5) is 6.80. The monoisotopic (exact) mass is 412 g/mol. The lowest BCUT2D eigenvalue weighted by Gasteiger charge is -2.30. The molecule has 0 aromatic heterocycles. The Kier molecular flexibility index (Phi) is 12.4. The number of aliphatic imine (C=N–C) groups is 1. The first kappa shape index (κ1) is 20.9. The van der Waals surface area contributed by atoms with Crippen LogP contribution in [0.4, 0.5) is 0 Å². The molecule has 1 aliphatic rings. The summed E-state index contributed by atoms with van der Waals surface area (Å²) in [5.74, 6) is 1.77. The van der Waals surface area contributed by atoms with Gasteiger partial charge in [-0.25, -0.2) is 0 Å². The smallest absolute Gasteiger partial charge is 0.191 e. The van der Waals surface area contributed by atoms with E-state index < -0.39 is 0 Å². The summed E-state index contributed by atoms with van der Waals surface area (Å²) < 4.78 is 5.11. The van der Waals surface area contributed by atoms with Crippen molar-refractivity contribution in [2.75, 3.05) is 46.9 Å². The SMILES string of the molecule is CN=C(NCCCN1CCC(C)CC1)NC(C)COC.I. The lowest BCUT2D eigenvalue weighted by molar-refractivity contribution is 0.178. The van der Waals surface area contributed by atoms with Crippen molar-refractivity contribution >= 4 is 29.9 Å². The number of rotatable bonds is 7. The number of piperidine rings is 1. The highest BCUT2D eigenvalue weighted by molar-refractivity contribution is 14.0. The van der Waals surface area contributed by atoms with E-state index in [1.807, 2.05) is 0 Å². The lowest BCUT2D eigenvalue weighted by atomic mass is 9.99. The van der Waals surface area contributed by atoms with Crippen molar-refractivity contribution in [3.63, 3.8) is 0 Å². The molecule has 0 bridgehead atoms. The van der Waals surface area contributed by atoms with Crippen LogP contribution in [0.1, 0.15) is 33.1 Å². The standard InChI is InChI=1S/C15H32N4O.HI/c1-13-6-10-19(11-7-13)9-5-8-17-15(16-3)18-14(2)12-20-4;/h13-14H,5-12H2,1-4H3,(H2,16,17,18);1H. The molecule has 0 amide bonds. The number of methoxy groups -OCH3 is 1. The number of ether oxygens (including phenoxy) is 1. The fourth-order valence-corrected chi connectivity index (χ4v) is 2.51. The molecular formula is C15H33IN4O. The van der Waals surface area contributed by atoms with Gasteiger partial charge in [0, 0.05) is 26.7 Å². The topological polar surface area (TPSA) is 48.9 Å².